The molecule has 11 rings (SSSR count). The fourth-order valence-electron chi connectivity index (χ4n) is 11.3. The normalized spacial score (nSPS) is 23.9. The van der Waals surface area contributed by atoms with E-state index in [0.29, 0.717) is 128 Å². The molecule has 145 heavy (non-hydrogen) atoms. The van der Waals surface area contributed by atoms with Crippen molar-refractivity contribution < 1.29 is 138 Å². The third-order valence-electron chi connectivity index (χ3n) is 26.3. The van der Waals surface area contributed by atoms with Gasteiger partial charge in [0, 0.05) is 38.9 Å². The first-order valence-electron chi connectivity index (χ1n) is 48.3. The molecule has 0 amide bonds. The number of fused-ring (bicyclic) bond motifs is 2. The van der Waals surface area contributed by atoms with Gasteiger partial charge in [0.25, 0.3) is 0 Å². The van der Waals surface area contributed by atoms with Crippen LogP contribution in [0.4, 0.5) is 0 Å². The fourth-order valence-corrected chi connectivity index (χ4v) is 11.3. The molecule has 9 saturated heterocycles. The summed E-state index contributed by atoms with van der Waals surface area (Å²) in [6.07, 6.45) is 22.5. The molecule has 0 aromatic heterocycles. The maximum Gasteiger partial charge on any atom is 0.311 e. The molecule has 0 radical (unpaired) electrons. The summed E-state index contributed by atoms with van der Waals surface area (Å²) in [6.45, 7) is 65.1. The van der Waals surface area contributed by atoms with Gasteiger partial charge in [-0.3, -0.25) is 38.4 Å². The Morgan fingerprint density at radius 3 is 0.959 bits per heavy atom. The number of hydrogen-bond acceptors (Lipinski definition) is 29. The van der Waals surface area contributed by atoms with E-state index in [0.717, 1.165) is 168 Å². The summed E-state index contributed by atoms with van der Waals surface area (Å²) < 4.78 is 87.6. The lowest BCUT2D eigenvalue weighted by Gasteiger charge is -2.28. The number of carbonyl (C=O) groups excluding carboxylic acids is 8. The quantitative estimate of drug-likeness (QED) is 0.0180. The van der Waals surface area contributed by atoms with Gasteiger partial charge in [0.15, 0.2) is 0 Å². The van der Waals surface area contributed by atoms with Gasteiger partial charge in [-0.2, -0.15) is 0 Å². The van der Waals surface area contributed by atoms with E-state index in [1.54, 1.807) is 0 Å². The molecule has 0 bridgehead atoms. The molecule has 0 aromatic carbocycles. The van der Waals surface area contributed by atoms with E-state index in [-0.39, 0.29) is 275 Å². The van der Waals surface area contributed by atoms with Gasteiger partial charge in [0.05, 0.1) is 167 Å². The molecule has 886 valence electrons. The summed E-state index contributed by atoms with van der Waals surface area (Å²) in [7, 11) is 0. The minimum atomic E-state index is -0.494. The van der Waals surface area contributed by atoms with Crippen molar-refractivity contribution in [3.8, 4) is 0 Å². The van der Waals surface area contributed by atoms with E-state index >= 15 is 0 Å². The van der Waals surface area contributed by atoms with E-state index in [1.807, 2.05) is 138 Å². The highest BCUT2D eigenvalue weighted by atomic mass is 17.2. The van der Waals surface area contributed by atoms with Gasteiger partial charge in [0.2, 0.25) is 0 Å². The summed E-state index contributed by atoms with van der Waals surface area (Å²) >= 11 is 0. The molecule has 2 aliphatic carbocycles. The predicted octanol–water partition coefficient (Wildman–Crippen LogP) is 29.2. The van der Waals surface area contributed by atoms with Crippen molar-refractivity contribution in [2.45, 2.75) is 527 Å². The summed E-state index contributed by atoms with van der Waals surface area (Å²) in [4.78, 5) is 113. The number of hydrogen-bond donors (Lipinski definition) is 0. The van der Waals surface area contributed by atoms with Crippen LogP contribution in [-0.2, 0) is 138 Å². The topological polar surface area (TPSA) is 353 Å². The van der Waals surface area contributed by atoms with Crippen molar-refractivity contribution in [3.05, 3.63) is 0 Å². The monoisotopic (exact) mass is 2110 g/mol. The van der Waals surface area contributed by atoms with Crippen LogP contribution in [0.25, 0.3) is 0 Å². The van der Waals surface area contributed by atoms with Gasteiger partial charge in [-0.05, 0) is 195 Å². The molecule has 17 unspecified atom stereocenters. The van der Waals surface area contributed by atoms with Crippen LogP contribution < -0.4 is 0 Å². The Labute approximate surface area is 896 Å². The van der Waals surface area contributed by atoms with Crippen molar-refractivity contribution in [2.24, 2.45) is 62.6 Å². The zero-order valence-electron chi connectivity index (χ0n) is 83.8. The Balaban J connectivity index is -0.0000000910. The summed E-state index contributed by atoms with van der Waals surface area (Å²) in [5.41, 5.74) is -1.74. The predicted molar refractivity (Wildman–Crippen MR) is 602 cm³/mol. The number of carbonyl (C=O) groups is 8. The van der Waals surface area contributed by atoms with Crippen LogP contribution in [0.5, 0.6) is 0 Å². The fraction of sp³-hybridized carbons (Fsp3) is 0.931. The van der Waals surface area contributed by atoms with Gasteiger partial charge in [0.1, 0.15) is 55.9 Å². The Hall–Kier alpha value is -4.76. The number of epoxide rings is 7. The molecule has 11 fully saturated rings. The van der Waals surface area contributed by atoms with Crippen LogP contribution in [0.15, 0.2) is 0 Å². The third kappa shape index (κ3) is 74.8. The lowest BCUT2D eigenvalue weighted by Crippen LogP contribution is -2.34. The minimum Gasteiger partial charge on any atom is -0.465 e. The van der Waals surface area contributed by atoms with E-state index in [2.05, 4.69) is 48.5 Å². The van der Waals surface area contributed by atoms with Gasteiger partial charge >= 0.3 is 47.8 Å². The minimum absolute atomic E-state index is 0. The third-order valence-corrected chi connectivity index (χ3v) is 26.3. The highest BCUT2D eigenvalue weighted by molar-refractivity contribution is 5.78. The van der Waals surface area contributed by atoms with E-state index in [4.69, 9.17) is 100 Å². The van der Waals surface area contributed by atoms with E-state index < -0.39 is 5.41 Å². The van der Waals surface area contributed by atoms with Gasteiger partial charge < -0.3 is 80.5 Å². The summed E-state index contributed by atoms with van der Waals surface area (Å²) in [5, 5.41) is 0. The van der Waals surface area contributed by atoms with Crippen molar-refractivity contribution in [3.63, 3.8) is 0 Å². The zero-order chi connectivity index (χ0) is 95.5. The SMILES string of the molecule is C.C.C.C.C.C.C.C.C.C.C.C.C.C.C.C.C.C.CCC(C)(C)C(=O)OCC1CCC2OC2C1.CCC(C)(C)C(=O)OCC1CO1.CCC(C)(C)C(=O)OCCC(=O)OCC1CO1.CCC(C)(C)C(=O)OCCC1(C)CO1.CCC(C)(C)COOC1(CC)CCOC1.CCC(C)C(=O)OCC1CCC2OC2C1.CCC(C)C(=O)OCC1CO1.CCC(C)C(=O)OCCC1(C)CO1.CCC(C)COOC1(CC)CCOC1. The zero-order valence-corrected chi connectivity index (χ0v) is 83.8. The molecule has 29 nitrogen and oxygen atoms in total. The number of rotatable bonds is 45. The Morgan fingerprint density at radius 2 is 0.655 bits per heavy atom. The van der Waals surface area contributed by atoms with Crippen LogP contribution >= 0.6 is 0 Å². The van der Waals surface area contributed by atoms with Crippen LogP contribution in [0.1, 0.15) is 462 Å². The summed E-state index contributed by atoms with van der Waals surface area (Å²) in [6, 6.07) is 0. The molecule has 29 heteroatoms. The molecule has 0 aromatic rings. The van der Waals surface area contributed by atoms with E-state index in [1.165, 1.54) is 0 Å². The molecular formula is C116H248O29. The first-order chi connectivity index (χ1) is 59.7. The van der Waals surface area contributed by atoms with Crippen molar-refractivity contribution in [2.75, 3.05) is 126 Å². The van der Waals surface area contributed by atoms with Crippen molar-refractivity contribution >= 4 is 47.8 Å². The molecule has 17 atom stereocenters. The Morgan fingerprint density at radius 1 is 0.352 bits per heavy atom. The average Bonchev–Trinajstić information content (AvgIpc) is 1.66. The van der Waals surface area contributed by atoms with Crippen molar-refractivity contribution in [1.29, 1.82) is 0 Å². The highest BCUT2D eigenvalue weighted by Gasteiger charge is 2.47. The Bertz CT molecular complexity index is 3120. The second kappa shape index (κ2) is 87.6. The largest absolute Gasteiger partial charge is 0.465 e. The lowest BCUT2D eigenvalue weighted by atomic mass is 9.89. The maximum absolute atomic E-state index is 11.8. The molecular weight excluding hydrogens is 1860 g/mol. The molecule has 0 N–H and O–H groups in total. The maximum atomic E-state index is 11.8. The highest BCUT2D eigenvalue weighted by Crippen LogP contribution is 2.42. The van der Waals surface area contributed by atoms with Gasteiger partial charge in [-0.15, -0.1) is 0 Å². The van der Waals surface area contributed by atoms with Crippen LogP contribution in [0.2, 0.25) is 0 Å². The van der Waals surface area contributed by atoms with Gasteiger partial charge in [-0.25, -0.2) is 19.6 Å². The molecule has 0 spiro atoms. The smallest absolute Gasteiger partial charge is 0.311 e. The number of esters is 8. The first kappa shape index (κ1) is 176. The summed E-state index contributed by atoms with van der Waals surface area (Å²) in [5.74, 6) is 0.513. The average molecular weight is 2110 g/mol. The Kier molecular flexibility index (Phi) is 106. The second-order valence-corrected chi connectivity index (χ2v) is 40.3. The number of ether oxygens (including phenoxy) is 17. The van der Waals surface area contributed by atoms with Crippen LogP contribution in [0.3, 0.4) is 0 Å². The second-order valence-electron chi connectivity index (χ2n) is 40.3. The molecule has 9 heterocycles. The van der Waals surface area contributed by atoms with E-state index in [9.17, 15) is 38.4 Å². The van der Waals surface area contributed by atoms with Crippen LogP contribution in [0, 0.1) is 62.6 Å². The van der Waals surface area contributed by atoms with Crippen molar-refractivity contribution in [1.82, 2.24) is 0 Å². The standard InChI is InChI=1S/C13H22O3.C12H20O5.C12H20O3.C12H24O3.C11H20O3.C11H22O3.C10H18O3.C9H16O3.C8H14O3.18CH4/c1-4-13(2,3)12(14)15-8-9-5-6-10-11(7-9)16-10;1-4-12(2,3)11(14)15-6-5-10(13)17-8-9-7-16-9;1-3-8(2)12(13)14-7-9-4-5-10-11(6-9)15-10;1-5-11(3,4)9-14-15-12(6-2)7-8-13-10-12;1-5-10(2,3)9(12)13-7-6-11(4)8-14-11;1-4-10(3)8-13-14-11(5-2)6-7-12-9-11;1-4-8(2)9(11)12-6-5-10(3)7-13-10;1-4-9(2,3)8(10)12-6-7-5-11-7;1-3-6(2)8(9)11-5-7-4-10-7;;;;;;;;;;;;;;;;;;/h9-11H,4-8H2,1-3H3;9H,4-8H2,1-3H3;8-11H,3-7H2,1-2H3;5-10H2,1-4H3;5-8H2,1-4H3;10H,4-9H2,1-3H3;8H,4-7H2,1-3H3;7H,4-6H2,1-3H3;6-7H,3-5H2,1-2H3;18*1H4. The molecule has 9 aliphatic heterocycles. The van der Waals surface area contributed by atoms with Crippen LogP contribution in [-0.4, -0.2) is 238 Å². The van der Waals surface area contributed by atoms with Gasteiger partial charge in [-0.1, -0.05) is 258 Å². The first-order valence-corrected chi connectivity index (χ1v) is 48.3. The lowest BCUT2D eigenvalue weighted by molar-refractivity contribution is -0.370. The molecule has 11 aliphatic rings. The molecule has 2 saturated carbocycles.